The number of epoxide rings is 1. The zero-order valence-electron chi connectivity index (χ0n) is 21.9. The number of ether oxygens (including phenoxy) is 2. The minimum absolute atomic E-state index is 0.128. The van der Waals surface area contributed by atoms with Crippen LogP contribution in [0.4, 0.5) is 4.39 Å². The lowest BCUT2D eigenvalue weighted by Crippen LogP contribution is -2.46. The fraction of sp³-hybridized carbons (Fsp3) is 0.679. The van der Waals surface area contributed by atoms with E-state index in [0.717, 1.165) is 6.42 Å². The molecule has 0 amide bonds. The number of aliphatic hydroxyl groups is 2. The van der Waals surface area contributed by atoms with Crippen LogP contribution in [0.1, 0.15) is 78.8 Å². The number of aliphatic hydroxyl groups excluding tert-OH is 2. The van der Waals surface area contributed by atoms with Gasteiger partial charge in [0.2, 0.25) is 0 Å². The highest BCUT2D eigenvalue weighted by Crippen LogP contribution is 2.45. The molecule has 3 heterocycles. The first kappa shape index (κ1) is 28.4. The number of halogens is 1. The first-order valence-corrected chi connectivity index (χ1v) is 12.9. The minimum Gasteiger partial charge on any atom is -0.455 e. The van der Waals surface area contributed by atoms with Crippen molar-refractivity contribution in [1.82, 2.24) is 4.98 Å². The first-order chi connectivity index (χ1) is 16.9. The lowest BCUT2D eigenvalue weighted by atomic mass is 9.71. The van der Waals surface area contributed by atoms with E-state index in [0.29, 0.717) is 25.0 Å². The van der Waals surface area contributed by atoms with E-state index < -0.39 is 53.5 Å². The van der Waals surface area contributed by atoms with Crippen molar-refractivity contribution in [3.8, 4) is 0 Å². The quantitative estimate of drug-likeness (QED) is 0.463. The Morgan fingerprint density at radius 2 is 1.97 bits per heavy atom. The number of Topliss-reactive ketones (excluding diaryl/α,β-unsaturated/α-hetero) is 1. The smallest absolute Gasteiger partial charge is 0.309 e. The molecule has 2 aliphatic heterocycles. The van der Waals surface area contributed by atoms with Crippen molar-refractivity contribution in [2.75, 3.05) is 0 Å². The number of hydrogen-bond acceptors (Lipinski definition) is 7. The SMILES string of the molecule is CC[C@H]1C(=O)C(C)(C)[C@@H](O)CC(=O)O[C@H](C(F)=Cc2ccccn2)C[C@@H]2O[C@]2(C)CCC[C@H](C)C1O. The lowest BCUT2D eigenvalue weighted by molar-refractivity contribution is -0.155. The van der Waals surface area contributed by atoms with Crippen LogP contribution in [0.25, 0.3) is 6.08 Å². The Bertz CT molecular complexity index is 951. The van der Waals surface area contributed by atoms with E-state index in [1.807, 2.05) is 20.8 Å². The number of hydrogen-bond donors (Lipinski definition) is 2. The highest BCUT2D eigenvalue weighted by molar-refractivity contribution is 5.88. The van der Waals surface area contributed by atoms with Gasteiger partial charge in [0.05, 0.1) is 41.4 Å². The van der Waals surface area contributed by atoms with E-state index in [1.54, 1.807) is 38.2 Å². The molecule has 0 radical (unpaired) electrons. The molecule has 1 unspecified atom stereocenters. The normalized spacial score (nSPS) is 36.6. The Morgan fingerprint density at radius 3 is 2.61 bits per heavy atom. The lowest BCUT2D eigenvalue weighted by Gasteiger charge is -2.35. The molecular formula is C28H40FNO6. The van der Waals surface area contributed by atoms with Crippen LogP contribution in [0.5, 0.6) is 0 Å². The van der Waals surface area contributed by atoms with Gasteiger partial charge >= 0.3 is 5.97 Å². The van der Waals surface area contributed by atoms with Crippen molar-refractivity contribution in [2.24, 2.45) is 17.3 Å². The second kappa shape index (κ2) is 11.5. The molecule has 0 aromatic carbocycles. The third-order valence-corrected chi connectivity index (χ3v) is 7.95. The minimum atomic E-state index is -1.35. The monoisotopic (exact) mass is 505 g/mol. The standard InChI is InChI=1S/C28H40FNO6/c1-6-19-25(33)17(2)10-9-12-28(5)23(36-28)15-21(20(29)14-18-11-7-8-13-30-18)35-24(32)16-22(31)27(3,4)26(19)34/h7-8,11,13-14,17,19,21-23,25,31,33H,6,9-10,12,15-16H2,1-5H3/t17-,19+,21-,22-,23-,25?,28+/m0/s1. The Labute approximate surface area is 213 Å². The number of carbonyl (C=O) groups is 2. The highest BCUT2D eigenvalue weighted by Gasteiger charge is 2.53. The molecule has 3 rings (SSSR count). The van der Waals surface area contributed by atoms with E-state index in [9.17, 15) is 19.8 Å². The van der Waals surface area contributed by atoms with Gasteiger partial charge in [-0.05, 0) is 50.3 Å². The van der Waals surface area contributed by atoms with Crippen molar-refractivity contribution in [3.05, 3.63) is 35.9 Å². The summed E-state index contributed by atoms with van der Waals surface area (Å²) in [6.45, 7) is 8.84. The van der Waals surface area contributed by atoms with Gasteiger partial charge in [-0.2, -0.15) is 0 Å². The number of aromatic nitrogens is 1. The van der Waals surface area contributed by atoms with E-state index in [4.69, 9.17) is 9.47 Å². The molecule has 2 fully saturated rings. The van der Waals surface area contributed by atoms with Crippen LogP contribution in [0.2, 0.25) is 0 Å². The largest absolute Gasteiger partial charge is 0.455 e. The maximum Gasteiger partial charge on any atom is 0.309 e. The molecular weight excluding hydrogens is 465 g/mol. The van der Waals surface area contributed by atoms with Crippen molar-refractivity contribution < 1.29 is 33.7 Å². The van der Waals surface area contributed by atoms with Crippen LogP contribution in [0, 0.1) is 17.3 Å². The number of pyridine rings is 1. The van der Waals surface area contributed by atoms with Crippen LogP contribution in [-0.2, 0) is 19.1 Å². The summed E-state index contributed by atoms with van der Waals surface area (Å²) in [5.74, 6) is -2.56. The van der Waals surface area contributed by atoms with Gasteiger partial charge in [-0.1, -0.05) is 40.2 Å². The summed E-state index contributed by atoms with van der Waals surface area (Å²) in [5.41, 5.74) is -1.38. The Hall–Kier alpha value is -2.16. The topological polar surface area (TPSA) is 109 Å². The summed E-state index contributed by atoms with van der Waals surface area (Å²) in [4.78, 5) is 30.3. The Kier molecular flexibility index (Phi) is 9.06. The van der Waals surface area contributed by atoms with Gasteiger partial charge in [0.15, 0.2) is 6.10 Å². The average Bonchev–Trinajstić information content (AvgIpc) is 3.47. The van der Waals surface area contributed by atoms with Crippen LogP contribution in [0.15, 0.2) is 30.2 Å². The van der Waals surface area contributed by atoms with Crippen molar-refractivity contribution in [1.29, 1.82) is 0 Å². The summed E-state index contributed by atoms with van der Waals surface area (Å²) in [7, 11) is 0. The average molecular weight is 506 g/mol. The zero-order valence-corrected chi connectivity index (χ0v) is 21.9. The zero-order chi connectivity index (χ0) is 26.7. The first-order valence-electron chi connectivity index (χ1n) is 12.9. The molecule has 2 saturated heterocycles. The number of esters is 1. The number of ketones is 1. The van der Waals surface area contributed by atoms with E-state index >= 15 is 4.39 Å². The van der Waals surface area contributed by atoms with Gasteiger partial charge in [0, 0.05) is 18.5 Å². The molecule has 7 nitrogen and oxygen atoms in total. The molecule has 0 spiro atoms. The van der Waals surface area contributed by atoms with Crippen molar-refractivity contribution in [2.45, 2.75) is 103 Å². The van der Waals surface area contributed by atoms with Gasteiger partial charge in [0.1, 0.15) is 11.6 Å². The molecule has 2 N–H and O–H groups in total. The second-order valence-electron chi connectivity index (χ2n) is 11.1. The summed E-state index contributed by atoms with van der Waals surface area (Å²) in [5, 5.41) is 21.8. The molecule has 8 heteroatoms. The van der Waals surface area contributed by atoms with Crippen molar-refractivity contribution >= 4 is 17.8 Å². The predicted molar refractivity (Wildman–Crippen MR) is 133 cm³/mol. The van der Waals surface area contributed by atoms with E-state index in [2.05, 4.69) is 4.98 Å². The van der Waals surface area contributed by atoms with Gasteiger partial charge < -0.3 is 19.7 Å². The third-order valence-electron chi connectivity index (χ3n) is 7.95. The molecule has 200 valence electrons. The second-order valence-corrected chi connectivity index (χ2v) is 11.1. The van der Waals surface area contributed by atoms with E-state index in [1.165, 1.54) is 6.08 Å². The summed E-state index contributed by atoms with van der Waals surface area (Å²) >= 11 is 0. The summed E-state index contributed by atoms with van der Waals surface area (Å²) in [6, 6.07) is 5.10. The number of nitrogens with zero attached hydrogens (tertiary/aromatic N) is 1. The summed E-state index contributed by atoms with van der Waals surface area (Å²) < 4.78 is 26.7. The number of fused-ring (bicyclic) bond motifs is 1. The van der Waals surface area contributed by atoms with Gasteiger partial charge in [-0.15, -0.1) is 0 Å². The molecule has 7 atom stereocenters. The number of carbonyl (C=O) groups excluding carboxylic acids is 2. The number of cyclic esters (lactones) is 1. The molecule has 36 heavy (non-hydrogen) atoms. The van der Waals surface area contributed by atoms with Gasteiger partial charge in [-0.3, -0.25) is 14.6 Å². The van der Waals surface area contributed by atoms with E-state index in [-0.39, 0.29) is 24.2 Å². The molecule has 0 saturated carbocycles. The highest BCUT2D eigenvalue weighted by atomic mass is 19.1. The molecule has 1 aromatic heterocycles. The fourth-order valence-corrected chi connectivity index (χ4v) is 5.10. The number of rotatable bonds is 3. The summed E-state index contributed by atoms with van der Waals surface area (Å²) in [6.07, 6.45) is 1.31. The van der Waals surface area contributed by atoms with Gasteiger partial charge in [0.25, 0.3) is 0 Å². The van der Waals surface area contributed by atoms with Crippen LogP contribution in [0.3, 0.4) is 0 Å². The fourth-order valence-electron chi connectivity index (χ4n) is 5.10. The maximum atomic E-state index is 15.3. The van der Waals surface area contributed by atoms with Crippen LogP contribution >= 0.6 is 0 Å². The van der Waals surface area contributed by atoms with Crippen LogP contribution < -0.4 is 0 Å². The third kappa shape index (κ3) is 6.58. The molecule has 1 aromatic rings. The Balaban J connectivity index is 1.87. The predicted octanol–water partition coefficient (Wildman–Crippen LogP) is 4.40. The maximum absolute atomic E-state index is 15.3. The Morgan fingerprint density at radius 1 is 1.25 bits per heavy atom. The molecule has 2 aliphatic rings. The van der Waals surface area contributed by atoms with Gasteiger partial charge in [-0.25, -0.2) is 4.39 Å². The van der Waals surface area contributed by atoms with Crippen molar-refractivity contribution in [3.63, 3.8) is 0 Å². The molecule has 0 bridgehead atoms. The van der Waals surface area contributed by atoms with Crippen LogP contribution in [-0.4, -0.2) is 57.0 Å². The molecule has 0 aliphatic carbocycles.